The third kappa shape index (κ3) is 4.54. The number of aromatic nitrogens is 4. The second-order valence-electron chi connectivity index (χ2n) is 7.65. The fraction of sp³-hybridized carbons (Fsp3) is 0.304. The summed E-state index contributed by atoms with van der Waals surface area (Å²) in [5.74, 6) is 0.788. The number of rotatable bonds is 7. The molecule has 2 atom stereocenters. The minimum Gasteiger partial charge on any atom is -0.510 e. The highest BCUT2D eigenvalue weighted by atomic mass is 32.2. The first-order chi connectivity index (χ1) is 16.1. The first-order valence-electron chi connectivity index (χ1n) is 10.6. The summed E-state index contributed by atoms with van der Waals surface area (Å²) in [6.07, 6.45) is 2.18. The number of thioether (sulfide) groups is 1. The predicted octanol–water partition coefficient (Wildman–Crippen LogP) is 5.77. The summed E-state index contributed by atoms with van der Waals surface area (Å²) in [5.41, 5.74) is 1.01. The SMILES string of the molecule is CC(Sc1nnc(-c2cccs2)n1CC1CCCO1)/C(O)=C(\C#N)c1nc2ccccc2s1. The maximum atomic E-state index is 11.0. The van der Waals surface area contributed by atoms with Crippen LogP contribution < -0.4 is 0 Å². The van der Waals surface area contributed by atoms with E-state index in [9.17, 15) is 10.4 Å². The molecule has 3 aromatic heterocycles. The van der Waals surface area contributed by atoms with Crippen LogP contribution in [0, 0.1) is 11.3 Å². The van der Waals surface area contributed by atoms with Gasteiger partial charge in [-0.25, -0.2) is 4.98 Å². The number of aliphatic hydroxyl groups is 1. The second-order valence-corrected chi connectivity index (χ2v) is 10.9. The lowest BCUT2D eigenvalue weighted by atomic mass is 10.2. The summed E-state index contributed by atoms with van der Waals surface area (Å²) in [6.45, 7) is 3.29. The molecule has 1 fully saturated rings. The molecule has 1 saturated heterocycles. The molecular formula is C23H21N5O2S3. The van der Waals surface area contributed by atoms with Crippen LogP contribution in [0.2, 0.25) is 0 Å². The largest absolute Gasteiger partial charge is 0.510 e. The van der Waals surface area contributed by atoms with Crippen molar-refractivity contribution >= 4 is 50.2 Å². The first kappa shape index (κ1) is 22.1. The predicted molar refractivity (Wildman–Crippen MR) is 132 cm³/mol. The summed E-state index contributed by atoms with van der Waals surface area (Å²) in [4.78, 5) is 5.57. The molecule has 168 valence electrons. The van der Waals surface area contributed by atoms with Crippen molar-refractivity contribution in [1.82, 2.24) is 19.7 Å². The van der Waals surface area contributed by atoms with Crippen molar-refractivity contribution in [1.29, 1.82) is 5.26 Å². The minimum atomic E-state index is -0.407. The fourth-order valence-corrected chi connectivity index (χ4v) is 6.34. The number of aliphatic hydroxyl groups excluding tert-OH is 1. The van der Waals surface area contributed by atoms with Gasteiger partial charge in [-0.1, -0.05) is 30.0 Å². The van der Waals surface area contributed by atoms with Crippen molar-refractivity contribution in [3.63, 3.8) is 0 Å². The maximum absolute atomic E-state index is 11.0. The highest BCUT2D eigenvalue weighted by Crippen LogP contribution is 2.35. The van der Waals surface area contributed by atoms with E-state index in [0.29, 0.717) is 16.7 Å². The Morgan fingerprint density at radius 3 is 2.94 bits per heavy atom. The Kier molecular flexibility index (Phi) is 6.46. The molecule has 0 aliphatic carbocycles. The van der Waals surface area contributed by atoms with E-state index in [1.165, 1.54) is 23.1 Å². The smallest absolute Gasteiger partial charge is 0.192 e. The summed E-state index contributed by atoms with van der Waals surface area (Å²) in [5, 5.41) is 32.5. The Morgan fingerprint density at radius 1 is 1.33 bits per heavy atom. The summed E-state index contributed by atoms with van der Waals surface area (Å²) < 4.78 is 8.90. The number of allylic oxidation sites excluding steroid dienone is 1. The monoisotopic (exact) mass is 495 g/mol. The van der Waals surface area contributed by atoms with Crippen molar-refractivity contribution in [2.45, 2.75) is 42.8 Å². The van der Waals surface area contributed by atoms with E-state index >= 15 is 0 Å². The molecule has 2 unspecified atom stereocenters. The zero-order chi connectivity index (χ0) is 22.8. The Balaban J connectivity index is 1.45. The van der Waals surface area contributed by atoms with Gasteiger partial charge in [-0.2, -0.15) is 5.26 Å². The molecule has 7 nitrogen and oxygen atoms in total. The molecular weight excluding hydrogens is 474 g/mol. The number of hydrogen-bond acceptors (Lipinski definition) is 9. The number of hydrogen-bond donors (Lipinski definition) is 1. The molecule has 1 aliphatic rings. The molecule has 4 aromatic rings. The van der Waals surface area contributed by atoms with Gasteiger partial charge in [0.05, 0.1) is 33.0 Å². The van der Waals surface area contributed by atoms with Crippen molar-refractivity contribution in [2.24, 2.45) is 0 Å². The lowest BCUT2D eigenvalue weighted by Crippen LogP contribution is -2.17. The Bertz CT molecular complexity index is 1300. The van der Waals surface area contributed by atoms with Gasteiger partial charge in [-0.15, -0.1) is 32.9 Å². The van der Waals surface area contributed by atoms with Gasteiger partial charge < -0.3 is 9.84 Å². The molecule has 10 heteroatoms. The van der Waals surface area contributed by atoms with Gasteiger partial charge in [0.15, 0.2) is 11.0 Å². The van der Waals surface area contributed by atoms with Crippen LogP contribution in [-0.4, -0.2) is 42.8 Å². The Labute approximate surface area is 203 Å². The molecule has 33 heavy (non-hydrogen) atoms. The fourth-order valence-electron chi connectivity index (χ4n) is 3.73. The third-order valence-corrected chi connectivity index (χ3v) is 8.42. The first-order valence-corrected chi connectivity index (χ1v) is 13.2. The highest BCUT2D eigenvalue weighted by Gasteiger charge is 2.25. The van der Waals surface area contributed by atoms with Crippen LogP contribution in [0.3, 0.4) is 0 Å². The molecule has 4 heterocycles. The normalized spacial score (nSPS) is 17.8. The van der Waals surface area contributed by atoms with Crippen LogP contribution in [0.5, 0.6) is 0 Å². The topological polar surface area (TPSA) is 96.9 Å². The third-order valence-electron chi connectivity index (χ3n) is 5.41. The van der Waals surface area contributed by atoms with E-state index in [1.807, 2.05) is 48.7 Å². The van der Waals surface area contributed by atoms with Crippen LogP contribution in [0.25, 0.3) is 26.5 Å². The zero-order valence-electron chi connectivity index (χ0n) is 17.8. The highest BCUT2D eigenvalue weighted by molar-refractivity contribution is 7.99. The number of nitrogens with zero attached hydrogens (tertiary/aromatic N) is 5. The summed E-state index contributed by atoms with van der Waals surface area (Å²) in [6, 6.07) is 13.9. The lowest BCUT2D eigenvalue weighted by Gasteiger charge is -2.16. The van der Waals surface area contributed by atoms with Crippen LogP contribution in [0.1, 0.15) is 24.8 Å². The van der Waals surface area contributed by atoms with E-state index < -0.39 is 5.25 Å². The van der Waals surface area contributed by atoms with Crippen molar-refractivity contribution in [2.75, 3.05) is 6.61 Å². The molecule has 0 amide bonds. The van der Waals surface area contributed by atoms with E-state index in [0.717, 1.165) is 40.4 Å². The van der Waals surface area contributed by atoms with Crippen LogP contribution >= 0.6 is 34.4 Å². The average Bonchev–Trinajstić information content (AvgIpc) is 3.62. The molecule has 0 spiro atoms. The minimum absolute atomic E-state index is 0.00843. The molecule has 1 aromatic carbocycles. The van der Waals surface area contributed by atoms with E-state index in [4.69, 9.17) is 4.74 Å². The summed E-state index contributed by atoms with van der Waals surface area (Å²) >= 11 is 4.39. The van der Waals surface area contributed by atoms with Gasteiger partial charge in [-0.05, 0) is 43.3 Å². The van der Waals surface area contributed by atoms with Gasteiger partial charge in [0.1, 0.15) is 22.4 Å². The number of thiazole rings is 1. The van der Waals surface area contributed by atoms with Gasteiger partial charge in [-0.3, -0.25) is 4.57 Å². The molecule has 0 radical (unpaired) electrons. The van der Waals surface area contributed by atoms with Gasteiger partial charge in [0, 0.05) is 6.61 Å². The average molecular weight is 496 g/mol. The number of fused-ring (bicyclic) bond motifs is 1. The number of nitriles is 1. The zero-order valence-corrected chi connectivity index (χ0v) is 20.3. The summed E-state index contributed by atoms with van der Waals surface area (Å²) in [7, 11) is 0. The maximum Gasteiger partial charge on any atom is 0.192 e. The lowest BCUT2D eigenvalue weighted by molar-refractivity contribution is 0.0953. The molecule has 1 N–H and O–H groups in total. The standard InChI is InChI=1S/C23H21N5O2S3/c1-14(20(29)16(12-24)22-25-17-7-2-3-8-18(17)33-22)32-23-27-26-21(19-9-5-11-31-19)28(23)13-15-6-4-10-30-15/h2-3,5,7-9,11,14-15,29H,4,6,10,13H2,1H3/b20-16-. The second kappa shape index (κ2) is 9.65. The van der Waals surface area contributed by atoms with E-state index in [2.05, 4.69) is 25.8 Å². The van der Waals surface area contributed by atoms with Gasteiger partial charge in [0.2, 0.25) is 0 Å². The number of thiophene rings is 1. The van der Waals surface area contributed by atoms with Gasteiger partial charge in [0.25, 0.3) is 0 Å². The number of para-hydroxylation sites is 1. The van der Waals surface area contributed by atoms with Gasteiger partial charge >= 0.3 is 0 Å². The van der Waals surface area contributed by atoms with Crippen molar-refractivity contribution < 1.29 is 9.84 Å². The molecule has 0 saturated carbocycles. The van der Waals surface area contributed by atoms with Crippen molar-refractivity contribution in [3.05, 3.63) is 52.5 Å². The van der Waals surface area contributed by atoms with Crippen LogP contribution in [-0.2, 0) is 11.3 Å². The van der Waals surface area contributed by atoms with E-state index in [-0.39, 0.29) is 17.4 Å². The molecule has 1 aliphatic heterocycles. The Hall–Kier alpha value is -2.71. The molecule has 0 bridgehead atoms. The van der Waals surface area contributed by atoms with Crippen molar-refractivity contribution in [3.8, 4) is 16.8 Å². The van der Waals surface area contributed by atoms with Crippen LogP contribution in [0.15, 0.2) is 52.7 Å². The van der Waals surface area contributed by atoms with Crippen LogP contribution in [0.4, 0.5) is 0 Å². The number of ether oxygens (including phenoxy) is 1. The molecule has 5 rings (SSSR count). The number of benzene rings is 1. The van der Waals surface area contributed by atoms with E-state index in [1.54, 1.807) is 11.3 Å². The Morgan fingerprint density at radius 2 is 2.21 bits per heavy atom. The quantitative estimate of drug-likeness (QED) is 0.197.